The van der Waals surface area contributed by atoms with Crippen molar-refractivity contribution < 1.29 is 4.74 Å². The highest BCUT2D eigenvalue weighted by Gasteiger charge is 2.20. The quantitative estimate of drug-likeness (QED) is 0.186. The topological polar surface area (TPSA) is 47.9 Å². The molecule has 1 aromatic heterocycles. The van der Waals surface area contributed by atoms with Crippen LogP contribution in [0.3, 0.4) is 0 Å². The minimum atomic E-state index is 0.630. The van der Waals surface area contributed by atoms with Crippen LogP contribution >= 0.6 is 0 Å². The smallest absolute Gasteiger partial charge is 0.164 e. The van der Waals surface area contributed by atoms with E-state index in [0.29, 0.717) is 17.5 Å². The molecule has 0 radical (unpaired) electrons. The van der Waals surface area contributed by atoms with E-state index in [1.54, 1.807) is 0 Å². The maximum Gasteiger partial charge on any atom is 0.164 e. The third kappa shape index (κ3) is 5.22. The Morgan fingerprint density at radius 2 is 0.824 bits per heavy atom. The summed E-state index contributed by atoms with van der Waals surface area (Å²) in [5.41, 5.74) is 9.69. The van der Waals surface area contributed by atoms with E-state index in [-0.39, 0.29) is 0 Å². The molecule has 1 aliphatic rings. The van der Waals surface area contributed by atoms with Gasteiger partial charge in [-0.2, -0.15) is 0 Å². The van der Waals surface area contributed by atoms with Gasteiger partial charge in [0.1, 0.15) is 11.5 Å². The lowest BCUT2D eigenvalue weighted by molar-refractivity contribution is 0.487. The van der Waals surface area contributed by atoms with E-state index in [0.717, 1.165) is 55.7 Å². The van der Waals surface area contributed by atoms with Gasteiger partial charge in [0.25, 0.3) is 0 Å². The lowest BCUT2D eigenvalue weighted by Gasteiger charge is -2.22. The summed E-state index contributed by atoms with van der Waals surface area (Å²) >= 11 is 0. The SMILES string of the molecule is c1ccc(-c2ccc3ccc(-c4nc(-c5ccccc5)nc(-c5ccc(-c6ccc7c(c6)-c6cccc8cccc(c68)O7)cc5)n4)cc3c2)cc1. The first kappa shape index (κ1) is 29.0. The van der Waals surface area contributed by atoms with E-state index in [4.69, 9.17) is 19.7 Å². The van der Waals surface area contributed by atoms with Crippen LogP contribution in [0, 0.1) is 0 Å². The van der Waals surface area contributed by atoms with Gasteiger partial charge in [0.2, 0.25) is 0 Å². The Kier molecular flexibility index (Phi) is 6.78. The van der Waals surface area contributed by atoms with E-state index in [1.165, 1.54) is 27.5 Å². The normalized spacial score (nSPS) is 11.7. The summed E-state index contributed by atoms with van der Waals surface area (Å²) < 4.78 is 6.34. The molecule has 0 saturated carbocycles. The van der Waals surface area contributed by atoms with Gasteiger partial charge in [0, 0.05) is 27.6 Å². The molecule has 1 aliphatic heterocycles. The van der Waals surface area contributed by atoms with Gasteiger partial charge in [-0.05, 0) is 74.3 Å². The Balaban J connectivity index is 1.04. The number of rotatable bonds is 5. The van der Waals surface area contributed by atoms with Gasteiger partial charge >= 0.3 is 0 Å². The largest absolute Gasteiger partial charge is 0.456 e. The van der Waals surface area contributed by atoms with Crippen LogP contribution in [0.15, 0.2) is 176 Å². The molecular formula is C47H29N3O. The Bertz CT molecular complexity index is 2750. The van der Waals surface area contributed by atoms with Gasteiger partial charge in [-0.3, -0.25) is 0 Å². The molecule has 238 valence electrons. The number of aromatic nitrogens is 3. The van der Waals surface area contributed by atoms with Crippen LogP contribution < -0.4 is 4.74 Å². The summed E-state index contributed by atoms with van der Waals surface area (Å²) in [7, 11) is 0. The van der Waals surface area contributed by atoms with Crippen molar-refractivity contribution >= 4 is 21.5 Å². The van der Waals surface area contributed by atoms with Gasteiger partial charge in [-0.1, -0.05) is 146 Å². The minimum Gasteiger partial charge on any atom is -0.456 e. The highest BCUT2D eigenvalue weighted by molar-refractivity contribution is 6.04. The summed E-state index contributed by atoms with van der Waals surface area (Å²) in [4.78, 5) is 15.0. The maximum absolute atomic E-state index is 6.34. The van der Waals surface area contributed by atoms with Crippen molar-refractivity contribution in [3.8, 4) is 79.0 Å². The zero-order chi connectivity index (χ0) is 33.7. The fraction of sp³-hybridized carbons (Fsp3) is 0. The molecule has 51 heavy (non-hydrogen) atoms. The molecule has 0 atom stereocenters. The first-order valence-corrected chi connectivity index (χ1v) is 17.1. The summed E-state index contributed by atoms with van der Waals surface area (Å²) in [6, 6.07) is 61.1. The molecule has 2 heterocycles. The van der Waals surface area contributed by atoms with E-state index in [1.807, 2.05) is 48.5 Å². The van der Waals surface area contributed by atoms with Crippen LogP contribution in [-0.4, -0.2) is 15.0 Å². The molecule has 0 unspecified atom stereocenters. The predicted molar refractivity (Wildman–Crippen MR) is 208 cm³/mol. The Hall–Kier alpha value is -6.91. The second-order valence-corrected chi connectivity index (χ2v) is 12.9. The van der Waals surface area contributed by atoms with Crippen LogP contribution in [0.5, 0.6) is 11.5 Å². The predicted octanol–water partition coefficient (Wildman–Crippen LogP) is 12.3. The molecule has 0 aliphatic carbocycles. The van der Waals surface area contributed by atoms with Gasteiger partial charge in [0.05, 0.1) is 0 Å². The molecule has 4 heteroatoms. The number of ether oxygens (including phenoxy) is 1. The number of nitrogens with zero attached hydrogens (tertiary/aromatic N) is 3. The number of fused-ring (bicyclic) bond motifs is 3. The van der Waals surface area contributed by atoms with E-state index >= 15 is 0 Å². The zero-order valence-electron chi connectivity index (χ0n) is 27.5. The molecular weight excluding hydrogens is 623 g/mol. The van der Waals surface area contributed by atoms with Crippen molar-refractivity contribution in [3.05, 3.63) is 176 Å². The molecule has 10 rings (SSSR count). The van der Waals surface area contributed by atoms with E-state index < -0.39 is 0 Å². The monoisotopic (exact) mass is 651 g/mol. The van der Waals surface area contributed by atoms with Crippen molar-refractivity contribution in [2.45, 2.75) is 0 Å². The summed E-state index contributed by atoms with van der Waals surface area (Å²) in [6.07, 6.45) is 0. The van der Waals surface area contributed by atoms with Crippen LogP contribution in [0.1, 0.15) is 0 Å². The summed E-state index contributed by atoms with van der Waals surface area (Å²) in [5, 5.41) is 4.64. The van der Waals surface area contributed by atoms with Gasteiger partial charge in [-0.25, -0.2) is 15.0 Å². The number of benzene rings is 8. The minimum absolute atomic E-state index is 0.630. The summed E-state index contributed by atoms with van der Waals surface area (Å²) in [5.74, 6) is 3.68. The fourth-order valence-corrected chi connectivity index (χ4v) is 7.10. The Labute approximate surface area is 295 Å². The third-order valence-corrected chi connectivity index (χ3v) is 9.71. The molecule has 0 fully saturated rings. The van der Waals surface area contributed by atoms with E-state index in [9.17, 15) is 0 Å². The van der Waals surface area contributed by atoms with Crippen LogP contribution in [0.2, 0.25) is 0 Å². The maximum atomic E-state index is 6.34. The van der Waals surface area contributed by atoms with Crippen LogP contribution in [0.4, 0.5) is 0 Å². The molecule has 0 bridgehead atoms. The molecule has 0 amide bonds. The molecule has 0 N–H and O–H groups in total. The summed E-state index contributed by atoms with van der Waals surface area (Å²) in [6.45, 7) is 0. The highest BCUT2D eigenvalue weighted by Crippen LogP contribution is 2.47. The second kappa shape index (κ2) is 11.9. The Morgan fingerprint density at radius 1 is 0.294 bits per heavy atom. The van der Waals surface area contributed by atoms with E-state index in [2.05, 4.69) is 127 Å². The van der Waals surface area contributed by atoms with Crippen LogP contribution in [0.25, 0.3) is 89.1 Å². The molecule has 8 aromatic carbocycles. The molecule has 4 nitrogen and oxygen atoms in total. The van der Waals surface area contributed by atoms with Crippen molar-refractivity contribution in [2.75, 3.05) is 0 Å². The Morgan fingerprint density at radius 3 is 1.57 bits per heavy atom. The number of hydrogen-bond donors (Lipinski definition) is 0. The van der Waals surface area contributed by atoms with Crippen molar-refractivity contribution in [2.24, 2.45) is 0 Å². The third-order valence-electron chi connectivity index (χ3n) is 9.71. The van der Waals surface area contributed by atoms with Gasteiger partial charge in [-0.15, -0.1) is 0 Å². The second-order valence-electron chi connectivity index (χ2n) is 12.9. The lowest BCUT2D eigenvalue weighted by atomic mass is 9.92. The molecule has 9 aromatic rings. The first-order chi connectivity index (χ1) is 25.2. The average molecular weight is 652 g/mol. The highest BCUT2D eigenvalue weighted by atomic mass is 16.5. The van der Waals surface area contributed by atoms with Crippen molar-refractivity contribution in [1.29, 1.82) is 0 Å². The van der Waals surface area contributed by atoms with Gasteiger partial charge in [0.15, 0.2) is 17.5 Å². The molecule has 0 saturated heterocycles. The van der Waals surface area contributed by atoms with Crippen molar-refractivity contribution in [3.63, 3.8) is 0 Å². The van der Waals surface area contributed by atoms with Crippen molar-refractivity contribution in [1.82, 2.24) is 15.0 Å². The van der Waals surface area contributed by atoms with Gasteiger partial charge < -0.3 is 4.74 Å². The zero-order valence-corrected chi connectivity index (χ0v) is 27.5. The first-order valence-electron chi connectivity index (χ1n) is 17.1. The standard InChI is InChI=1S/C47H29N3O/c1-3-9-30(10-4-1)36-23-19-32-20-24-38(28-39(32)27-36)47-49-45(34-11-5-2-6-12-34)48-46(50-47)35-21-17-31(18-22-35)37-25-26-42-41(29-37)40-15-7-13-33-14-8-16-43(51-42)44(33)40/h1-29H. The molecule has 0 spiro atoms. The fourth-order valence-electron chi connectivity index (χ4n) is 7.10. The lowest BCUT2D eigenvalue weighted by Crippen LogP contribution is -2.00. The average Bonchev–Trinajstić information content (AvgIpc) is 3.21. The number of hydrogen-bond acceptors (Lipinski definition) is 4. The van der Waals surface area contributed by atoms with Crippen LogP contribution in [-0.2, 0) is 0 Å².